The Kier molecular flexibility index (Phi) is 4.69. The predicted octanol–water partition coefficient (Wildman–Crippen LogP) is 2.79. The number of aromatic nitrogens is 2. The summed E-state index contributed by atoms with van der Waals surface area (Å²) in [5, 5.41) is 11.0. The van der Waals surface area contributed by atoms with Crippen LogP contribution in [-0.4, -0.2) is 35.4 Å². The summed E-state index contributed by atoms with van der Waals surface area (Å²) in [6.45, 7) is 1.87. The minimum absolute atomic E-state index is 0.0872. The summed E-state index contributed by atoms with van der Waals surface area (Å²) in [6.07, 6.45) is 6.24. The Labute approximate surface area is 135 Å². The van der Waals surface area contributed by atoms with Crippen LogP contribution in [0.3, 0.4) is 0 Å². The Bertz CT molecular complexity index is 683. The lowest BCUT2D eigenvalue weighted by molar-refractivity contribution is -0.121. The lowest BCUT2D eigenvalue weighted by Crippen LogP contribution is -2.41. The Morgan fingerprint density at radius 1 is 1.43 bits per heavy atom. The van der Waals surface area contributed by atoms with Crippen molar-refractivity contribution in [2.24, 2.45) is 0 Å². The third kappa shape index (κ3) is 3.41. The van der Waals surface area contributed by atoms with Crippen molar-refractivity contribution in [3.63, 3.8) is 0 Å². The van der Waals surface area contributed by atoms with Gasteiger partial charge in [0.15, 0.2) is 11.5 Å². The van der Waals surface area contributed by atoms with Crippen LogP contribution in [0.15, 0.2) is 18.3 Å². The Balaban J connectivity index is 1.72. The van der Waals surface area contributed by atoms with Crippen LogP contribution in [0.1, 0.15) is 39.0 Å². The number of nitrogens with one attached hydrogen (secondary N) is 2. The molecule has 2 atom stereocenters. The highest BCUT2D eigenvalue weighted by Crippen LogP contribution is 2.36. The van der Waals surface area contributed by atoms with Crippen molar-refractivity contribution in [1.29, 1.82) is 0 Å². The number of fused-ring (bicyclic) bond motifs is 1. The first kappa shape index (κ1) is 15.6. The first-order chi connectivity index (χ1) is 11.2. The largest absolute Gasteiger partial charge is 0.492 e. The van der Waals surface area contributed by atoms with Gasteiger partial charge < -0.3 is 14.8 Å². The number of aromatic amines is 1. The molecule has 6 heteroatoms. The summed E-state index contributed by atoms with van der Waals surface area (Å²) in [5.41, 5.74) is 0.922. The normalized spacial score (nSPS) is 21.1. The van der Waals surface area contributed by atoms with Crippen LogP contribution in [-0.2, 0) is 4.79 Å². The Morgan fingerprint density at radius 2 is 2.30 bits per heavy atom. The summed E-state index contributed by atoms with van der Waals surface area (Å²) >= 11 is 0. The highest BCUT2D eigenvalue weighted by Gasteiger charge is 2.25. The average molecular weight is 317 g/mol. The number of nitrogens with zero attached hydrogens (tertiary/aromatic N) is 1. The lowest BCUT2D eigenvalue weighted by atomic mass is 9.92. The molecule has 6 nitrogen and oxygen atoms in total. The number of hydrogen-bond donors (Lipinski definition) is 2. The van der Waals surface area contributed by atoms with Crippen LogP contribution in [0.2, 0.25) is 0 Å². The van der Waals surface area contributed by atoms with Crippen LogP contribution < -0.4 is 14.8 Å². The fourth-order valence-electron chi connectivity index (χ4n) is 3.17. The number of benzene rings is 1. The van der Waals surface area contributed by atoms with Gasteiger partial charge in [-0.1, -0.05) is 6.92 Å². The number of carbonyl (C=O) groups excluding carboxylic acids is 1. The summed E-state index contributed by atoms with van der Waals surface area (Å²) < 4.78 is 11.7. The van der Waals surface area contributed by atoms with Crippen LogP contribution in [0.4, 0.5) is 0 Å². The molecule has 1 amide bonds. The van der Waals surface area contributed by atoms with Crippen molar-refractivity contribution in [1.82, 2.24) is 15.5 Å². The van der Waals surface area contributed by atoms with Crippen molar-refractivity contribution in [2.75, 3.05) is 7.11 Å². The number of hydrogen-bond acceptors (Lipinski definition) is 4. The Morgan fingerprint density at radius 3 is 3.09 bits per heavy atom. The van der Waals surface area contributed by atoms with Gasteiger partial charge in [0.1, 0.15) is 6.10 Å². The Hall–Kier alpha value is -2.24. The molecular formula is C17H23N3O3. The van der Waals surface area contributed by atoms with E-state index in [9.17, 15) is 4.79 Å². The van der Waals surface area contributed by atoms with Crippen molar-refractivity contribution in [3.05, 3.63) is 18.3 Å². The van der Waals surface area contributed by atoms with E-state index in [0.29, 0.717) is 12.2 Å². The van der Waals surface area contributed by atoms with E-state index in [1.807, 2.05) is 19.1 Å². The van der Waals surface area contributed by atoms with Gasteiger partial charge in [-0.25, -0.2) is 0 Å². The zero-order chi connectivity index (χ0) is 16.2. The SMILES string of the molecule is CCC(=O)NC1CCCC(Oc2ccc3[nH]ncc3c2OC)C1. The minimum atomic E-state index is 0.0872. The molecule has 3 rings (SSSR count). The fourth-order valence-corrected chi connectivity index (χ4v) is 3.17. The zero-order valence-electron chi connectivity index (χ0n) is 13.6. The first-order valence-corrected chi connectivity index (χ1v) is 8.17. The molecule has 2 unspecified atom stereocenters. The molecule has 0 aliphatic heterocycles. The molecule has 0 bridgehead atoms. The molecule has 0 radical (unpaired) electrons. The van der Waals surface area contributed by atoms with Gasteiger partial charge in [-0.15, -0.1) is 0 Å². The van der Waals surface area contributed by atoms with Crippen molar-refractivity contribution in [3.8, 4) is 11.5 Å². The molecule has 0 saturated heterocycles. The first-order valence-electron chi connectivity index (χ1n) is 8.17. The third-order valence-electron chi connectivity index (χ3n) is 4.35. The third-order valence-corrected chi connectivity index (χ3v) is 4.35. The maximum atomic E-state index is 11.6. The molecule has 0 spiro atoms. The highest BCUT2D eigenvalue weighted by molar-refractivity contribution is 5.87. The number of amides is 1. The molecule has 1 aromatic heterocycles. The molecule has 2 aromatic rings. The number of carbonyl (C=O) groups is 1. The molecule has 2 N–H and O–H groups in total. The van der Waals surface area contributed by atoms with E-state index in [1.165, 1.54) is 0 Å². The summed E-state index contributed by atoms with van der Waals surface area (Å²) in [4.78, 5) is 11.6. The second-order valence-corrected chi connectivity index (χ2v) is 5.95. The van der Waals surface area contributed by atoms with Gasteiger partial charge in [-0.3, -0.25) is 9.89 Å². The standard InChI is InChI=1S/C17H23N3O3/c1-3-16(21)19-11-5-4-6-12(9-11)23-15-8-7-14-13(10-18-20-14)17(15)22-2/h7-8,10-12H,3-6,9H2,1-2H3,(H,18,20)(H,19,21). The minimum Gasteiger partial charge on any atom is -0.492 e. The molecule has 1 saturated carbocycles. The monoisotopic (exact) mass is 317 g/mol. The van der Waals surface area contributed by atoms with Gasteiger partial charge in [0, 0.05) is 18.9 Å². The average Bonchev–Trinajstić information content (AvgIpc) is 3.03. The van der Waals surface area contributed by atoms with Gasteiger partial charge in [0.2, 0.25) is 5.91 Å². The van der Waals surface area contributed by atoms with Crippen molar-refractivity contribution >= 4 is 16.8 Å². The number of methoxy groups -OCH3 is 1. The topological polar surface area (TPSA) is 76.2 Å². The molecule has 1 aliphatic carbocycles. The van der Waals surface area contributed by atoms with E-state index < -0.39 is 0 Å². The molecule has 1 heterocycles. The van der Waals surface area contributed by atoms with Crippen molar-refractivity contribution < 1.29 is 14.3 Å². The van der Waals surface area contributed by atoms with Crippen LogP contribution >= 0.6 is 0 Å². The molecule has 1 fully saturated rings. The van der Waals surface area contributed by atoms with E-state index in [2.05, 4.69) is 15.5 Å². The molecular weight excluding hydrogens is 294 g/mol. The van der Waals surface area contributed by atoms with Gasteiger partial charge in [-0.2, -0.15) is 5.10 Å². The van der Waals surface area contributed by atoms with E-state index in [-0.39, 0.29) is 18.1 Å². The fraction of sp³-hybridized carbons (Fsp3) is 0.529. The van der Waals surface area contributed by atoms with Crippen molar-refractivity contribution in [2.45, 2.75) is 51.2 Å². The van der Waals surface area contributed by atoms with E-state index in [0.717, 1.165) is 42.3 Å². The maximum Gasteiger partial charge on any atom is 0.219 e. The van der Waals surface area contributed by atoms with E-state index in [1.54, 1.807) is 13.3 Å². The molecule has 1 aliphatic rings. The number of rotatable bonds is 5. The lowest BCUT2D eigenvalue weighted by Gasteiger charge is -2.30. The molecule has 1 aromatic carbocycles. The van der Waals surface area contributed by atoms with E-state index in [4.69, 9.17) is 9.47 Å². The van der Waals surface area contributed by atoms with Gasteiger partial charge >= 0.3 is 0 Å². The van der Waals surface area contributed by atoms with Gasteiger partial charge in [0.25, 0.3) is 0 Å². The number of H-pyrrole nitrogens is 1. The maximum absolute atomic E-state index is 11.6. The van der Waals surface area contributed by atoms with Gasteiger partial charge in [-0.05, 0) is 31.4 Å². The second kappa shape index (κ2) is 6.89. The van der Waals surface area contributed by atoms with Gasteiger partial charge in [0.05, 0.1) is 24.2 Å². The molecule has 124 valence electrons. The quantitative estimate of drug-likeness (QED) is 0.889. The number of ether oxygens (including phenoxy) is 2. The summed E-state index contributed by atoms with van der Waals surface area (Å²) in [6, 6.07) is 4.05. The molecule has 23 heavy (non-hydrogen) atoms. The summed E-state index contributed by atoms with van der Waals surface area (Å²) in [7, 11) is 1.64. The van der Waals surface area contributed by atoms with E-state index >= 15 is 0 Å². The van der Waals surface area contributed by atoms with Crippen LogP contribution in [0.25, 0.3) is 10.9 Å². The zero-order valence-corrected chi connectivity index (χ0v) is 13.6. The van der Waals surface area contributed by atoms with Crippen LogP contribution in [0, 0.1) is 0 Å². The second-order valence-electron chi connectivity index (χ2n) is 5.95. The smallest absolute Gasteiger partial charge is 0.219 e. The highest BCUT2D eigenvalue weighted by atomic mass is 16.5. The summed E-state index contributed by atoms with van der Waals surface area (Å²) in [5.74, 6) is 1.54. The predicted molar refractivity (Wildman–Crippen MR) is 87.8 cm³/mol. The van der Waals surface area contributed by atoms with Crippen LogP contribution in [0.5, 0.6) is 11.5 Å².